The maximum absolute atomic E-state index is 6.11. The summed E-state index contributed by atoms with van der Waals surface area (Å²) >= 11 is 6.11. The molecule has 0 amide bonds. The minimum Gasteiger partial charge on any atom is -0.491 e. The Labute approximate surface area is 102 Å². The average Bonchev–Trinajstić information content (AvgIpc) is 2.22. The number of hydrogen-bond acceptors (Lipinski definition) is 2. The molecule has 0 unspecified atom stereocenters. The normalized spacial score (nSPS) is 10.2. The molecule has 0 heterocycles. The summed E-state index contributed by atoms with van der Waals surface area (Å²) in [6.07, 6.45) is 0.851. The fourth-order valence-electron chi connectivity index (χ4n) is 1.37. The first-order valence-corrected chi connectivity index (χ1v) is 5.72. The van der Waals surface area contributed by atoms with Crippen LogP contribution in [0.5, 0.6) is 5.75 Å². The zero-order chi connectivity index (χ0) is 12.0. The Hall–Kier alpha value is -0.990. The van der Waals surface area contributed by atoms with E-state index in [0.29, 0.717) is 11.6 Å². The van der Waals surface area contributed by atoms with Crippen molar-refractivity contribution in [2.24, 2.45) is 0 Å². The van der Waals surface area contributed by atoms with Gasteiger partial charge in [-0.1, -0.05) is 29.3 Å². The summed E-state index contributed by atoms with van der Waals surface area (Å²) < 4.78 is 5.70. The lowest BCUT2D eigenvalue weighted by Gasteiger charge is -2.12. The van der Waals surface area contributed by atoms with Crippen molar-refractivity contribution in [3.8, 4) is 5.75 Å². The lowest BCUT2D eigenvalue weighted by atomic mass is 10.2. The Morgan fingerprint density at radius 3 is 2.88 bits per heavy atom. The van der Waals surface area contributed by atoms with E-state index in [0.717, 1.165) is 29.9 Å². The molecule has 0 fully saturated rings. The quantitative estimate of drug-likeness (QED) is 0.769. The number of rotatable bonds is 6. The van der Waals surface area contributed by atoms with Crippen LogP contribution in [0.25, 0.3) is 0 Å². The third kappa shape index (κ3) is 3.87. The van der Waals surface area contributed by atoms with Crippen LogP contribution in [0, 0.1) is 0 Å². The molecule has 88 valence electrons. The van der Waals surface area contributed by atoms with Gasteiger partial charge in [-0.15, -0.1) is 6.58 Å². The van der Waals surface area contributed by atoms with E-state index in [9.17, 15) is 0 Å². The Morgan fingerprint density at radius 1 is 1.50 bits per heavy atom. The van der Waals surface area contributed by atoms with E-state index >= 15 is 0 Å². The molecule has 0 atom stereocenters. The maximum Gasteiger partial charge on any atom is 0.142 e. The summed E-state index contributed by atoms with van der Waals surface area (Å²) in [5, 5.41) is 3.76. The average molecular weight is 240 g/mol. The van der Waals surface area contributed by atoms with Crippen LogP contribution >= 0.6 is 11.6 Å². The molecule has 0 radical (unpaired) electrons. The number of benzene rings is 1. The summed E-state index contributed by atoms with van der Waals surface area (Å²) in [6, 6.07) is 5.79. The summed E-state index contributed by atoms with van der Waals surface area (Å²) in [6.45, 7) is 7.21. The summed E-state index contributed by atoms with van der Waals surface area (Å²) in [5.41, 5.74) is 2.19. The Kier molecular flexibility index (Phi) is 5.36. The van der Waals surface area contributed by atoms with Gasteiger partial charge in [0.2, 0.25) is 0 Å². The predicted octanol–water partition coefficient (Wildman–Crippen LogP) is 3.40. The van der Waals surface area contributed by atoms with Gasteiger partial charge in [0.25, 0.3) is 0 Å². The molecule has 3 heteroatoms. The standard InChI is InChI=1S/C13H18ClNO/c1-10(2)7-8-16-13-11(9-15-3)5-4-6-12(13)14/h4-6,15H,1,7-9H2,2-3H3. The second kappa shape index (κ2) is 6.56. The number of ether oxygens (including phenoxy) is 1. The highest BCUT2D eigenvalue weighted by Crippen LogP contribution is 2.28. The van der Waals surface area contributed by atoms with E-state index in [2.05, 4.69) is 11.9 Å². The van der Waals surface area contributed by atoms with Crippen molar-refractivity contribution >= 4 is 11.6 Å². The predicted molar refractivity (Wildman–Crippen MR) is 69.1 cm³/mol. The Morgan fingerprint density at radius 2 is 2.25 bits per heavy atom. The van der Waals surface area contributed by atoms with Crippen LogP contribution in [0.3, 0.4) is 0 Å². The molecular formula is C13H18ClNO. The molecule has 0 aliphatic carbocycles. The largest absolute Gasteiger partial charge is 0.491 e. The van der Waals surface area contributed by atoms with E-state index in [1.54, 1.807) is 0 Å². The molecule has 0 aromatic heterocycles. The molecule has 0 saturated carbocycles. The summed E-state index contributed by atoms with van der Waals surface area (Å²) in [5.74, 6) is 0.778. The molecule has 0 aliphatic rings. The third-order valence-corrected chi connectivity index (χ3v) is 2.49. The first kappa shape index (κ1) is 13.1. The van der Waals surface area contributed by atoms with E-state index in [1.165, 1.54) is 0 Å². The highest BCUT2D eigenvalue weighted by atomic mass is 35.5. The zero-order valence-electron chi connectivity index (χ0n) is 9.85. The van der Waals surface area contributed by atoms with E-state index in [1.807, 2.05) is 32.2 Å². The molecule has 1 rings (SSSR count). The van der Waals surface area contributed by atoms with Crippen LogP contribution < -0.4 is 10.1 Å². The van der Waals surface area contributed by atoms with Gasteiger partial charge in [-0.3, -0.25) is 0 Å². The lowest BCUT2D eigenvalue weighted by Crippen LogP contribution is -2.08. The topological polar surface area (TPSA) is 21.3 Å². The van der Waals surface area contributed by atoms with Crippen LogP contribution in [-0.2, 0) is 6.54 Å². The monoisotopic (exact) mass is 239 g/mol. The molecule has 16 heavy (non-hydrogen) atoms. The van der Waals surface area contributed by atoms with Gasteiger partial charge in [-0.05, 0) is 20.0 Å². The Bertz CT molecular complexity index is 363. The van der Waals surface area contributed by atoms with Gasteiger partial charge >= 0.3 is 0 Å². The van der Waals surface area contributed by atoms with Crippen molar-refractivity contribution in [3.63, 3.8) is 0 Å². The lowest BCUT2D eigenvalue weighted by molar-refractivity contribution is 0.318. The van der Waals surface area contributed by atoms with Crippen LogP contribution in [0.15, 0.2) is 30.4 Å². The number of nitrogens with one attached hydrogen (secondary N) is 1. The van der Waals surface area contributed by atoms with Crippen molar-refractivity contribution in [1.82, 2.24) is 5.32 Å². The summed E-state index contributed by atoms with van der Waals surface area (Å²) in [7, 11) is 1.90. The molecule has 1 aromatic rings. The smallest absolute Gasteiger partial charge is 0.142 e. The number of para-hydroxylation sites is 1. The van der Waals surface area contributed by atoms with Gasteiger partial charge in [0.05, 0.1) is 11.6 Å². The summed E-state index contributed by atoms with van der Waals surface area (Å²) in [4.78, 5) is 0. The zero-order valence-corrected chi connectivity index (χ0v) is 10.6. The van der Waals surface area contributed by atoms with Gasteiger partial charge in [0.1, 0.15) is 5.75 Å². The molecular weight excluding hydrogens is 222 g/mol. The first-order valence-electron chi connectivity index (χ1n) is 5.34. The fourth-order valence-corrected chi connectivity index (χ4v) is 1.62. The van der Waals surface area contributed by atoms with Crippen LogP contribution in [0.2, 0.25) is 5.02 Å². The van der Waals surface area contributed by atoms with Crippen LogP contribution in [0.4, 0.5) is 0 Å². The van der Waals surface area contributed by atoms with Crippen LogP contribution in [-0.4, -0.2) is 13.7 Å². The number of halogens is 1. The number of hydrogen-bond donors (Lipinski definition) is 1. The van der Waals surface area contributed by atoms with Crippen molar-refractivity contribution < 1.29 is 4.74 Å². The van der Waals surface area contributed by atoms with Crippen molar-refractivity contribution in [2.75, 3.05) is 13.7 Å². The fraction of sp³-hybridized carbons (Fsp3) is 0.385. The van der Waals surface area contributed by atoms with Gasteiger partial charge in [-0.2, -0.15) is 0 Å². The molecule has 0 spiro atoms. The minimum absolute atomic E-state index is 0.621. The molecule has 0 saturated heterocycles. The molecule has 1 N–H and O–H groups in total. The molecule has 2 nitrogen and oxygen atoms in total. The van der Waals surface area contributed by atoms with E-state index < -0.39 is 0 Å². The molecule has 0 aliphatic heterocycles. The van der Waals surface area contributed by atoms with E-state index in [4.69, 9.17) is 16.3 Å². The van der Waals surface area contributed by atoms with Gasteiger partial charge in [-0.25, -0.2) is 0 Å². The molecule has 0 bridgehead atoms. The van der Waals surface area contributed by atoms with Gasteiger partial charge in [0, 0.05) is 18.5 Å². The highest BCUT2D eigenvalue weighted by molar-refractivity contribution is 6.32. The molecule has 1 aromatic carbocycles. The van der Waals surface area contributed by atoms with Crippen molar-refractivity contribution in [2.45, 2.75) is 19.9 Å². The maximum atomic E-state index is 6.11. The van der Waals surface area contributed by atoms with Crippen LogP contribution in [0.1, 0.15) is 18.9 Å². The van der Waals surface area contributed by atoms with Crippen molar-refractivity contribution in [1.29, 1.82) is 0 Å². The van der Waals surface area contributed by atoms with Gasteiger partial charge < -0.3 is 10.1 Å². The Balaban J connectivity index is 2.71. The first-order chi connectivity index (χ1) is 7.65. The highest BCUT2D eigenvalue weighted by Gasteiger charge is 2.07. The van der Waals surface area contributed by atoms with E-state index in [-0.39, 0.29) is 0 Å². The SMILES string of the molecule is C=C(C)CCOc1c(Cl)cccc1CNC. The third-order valence-electron chi connectivity index (χ3n) is 2.19. The van der Waals surface area contributed by atoms with Crippen molar-refractivity contribution in [3.05, 3.63) is 40.9 Å². The van der Waals surface area contributed by atoms with Gasteiger partial charge in [0.15, 0.2) is 0 Å². The second-order valence-corrected chi connectivity index (χ2v) is 4.22. The minimum atomic E-state index is 0.621. The second-order valence-electron chi connectivity index (χ2n) is 3.81.